The van der Waals surface area contributed by atoms with Crippen LogP contribution in [0.1, 0.15) is 31.6 Å². The van der Waals surface area contributed by atoms with E-state index in [1.165, 1.54) is 12.8 Å². The second-order valence-corrected chi connectivity index (χ2v) is 5.79. The monoisotopic (exact) mass is 284 g/mol. The van der Waals surface area contributed by atoms with E-state index < -0.39 is 0 Å². The highest BCUT2D eigenvalue weighted by atomic mass is 35.5. The fourth-order valence-corrected chi connectivity index (χ4v) is 3.26. The molecule has 0 amide bonds. The molecule has 18 heavy (non-hydrogen) atoms. The van der Waals surface area contributed by atoms with Crippen LogP contribution < -0.4 is 5.73 Å². The van der Waals surface area contributed by atoms with Crippen molar-refractivity contribution in [2.24, 2.45) is 5.73 Å². The Hall–Kier alpha value is -0.770. The fraction of sp³-hybridized carbons (Fsp3) is 0.462. The lowest BCUT2D eigenvalue weighted by Gasteiger charge is -2.22. The maximum absolute atomic E-state index is 6.12. The number of nitrogens with zero attached hydrogens (tertiary/aromatic N) is 1. The molecule has 0 radical (unpaired) electrons. The molecule has 1 aromatic carbocycles. The van der Waals surface area contributed by atoms with Crippen LogP contribution in [0.25, 0.3) is 11.1 Å². The fourth-order valence-electron chi connectivity index (χ4n) is 2.74. The number of benzene rings is 1. The first-order valence-corrected chi connectivity index (χ1v) is 6.86. The van der Waals surface area contributed by atoms with Crippen LogP contribution in [0.15, 0.2) is 16.5 Å². The molecular weight excluding hydrogens is 271 g/mol. The Bertz CT molecular complexity index is 588. The number of hydrogen-bond acceptors (Lipinski definition) is 3. The third-order valence-corrected chi connectivity index (χ3v) is 4.31. The standard InChI is InChI=1S/C13H14Cl2N2O/c14-8-5-9(15)11-10(6-8)17-12(18-11)13(7-16)3-1-2-4-13/h5-6H,1-4,7,16H2. The number of hydrogen-bond donors (Lipinski definition) is 1. The number of nitrogens with two attached hydrogens (primary N) is 1. The third-order valence-electron chi connectivity index (χ3n) is 3.81. The van der Waals surface area contributed by atoms with Gasteiger partial charge in [-0.2, -0.15) is 0 Å². The van der Waals surface area contributed by atoms with E-state index in [9.17, 15) is 0 Å². The summed E-state index contributed by atoms with van der Waals surface area (Å²) in [6.07, 6.45) is 4.40. The SMILES string of the molecule is NCC1(c2nc3cc(Cl)cc(Cl)c3o2)CCCC1. The van der Waals surface area contributed by atoms with Gasteiger partial charge in [0.25, 0.3) is 0 Å². The molecule has 2 aromatic rings. The minimum absolute atomic E-state index is 0.116. The zero-order chi connectivity index (χ0) is 12.8. The maximum atomic E-state index is 6.12. The van der Waals surface area contributed by atoms with Crippen LogP contribution in [0.3, 0.4) is 0 Å². The summed E-state index contributed by atoms with van der Waals surface area (Å²) in [5.41, 5.74) is 7.13. The van der Waals surface area contributed by atoms with Gasteiger partial charge in [-0.1, -0.05) is 36.0 Å². The second-order valence-electron chi connectivity index (χ2n) is 4.95. The number of halogens is 2. The Balaban J connectivity index is 2.16. The molecule has 0 saturated heterocycles. The summed E-state index contributed by atoms with van der Waals surface area (Å²) in [4.78, 5) is 4.54. The molecule has 3 nitrogen and oxygen atoms in total. The topological polar surface area (TPSA) is 52.0 Å². The lowest BCUT2D eigenvalue weighted by atomic mass is 9.86. The van der Waals surface area contributed by atoms with Gasteiger partial charge in [-0.3, -0.25) is 0 Å². The van der Waals surface area contributed by atoms with Crippen molar-refractivity contribution in [1.82, 2.24) is 4.98 Å². The maximum Gasteiger partial charge on any atom is 0.203 e. The molecule has 2 N–H and O–H groups in total. The quantitative estimate of drug-likeness (QED) is 0.910. The third kappa shape index (κ3) is 1.81. The molecule has 3 rings (SSSR count). The Morgan fingerprint density at radius 2 is 2.00 bits per heavy atom. The molecule has 96 valence electrons. The highest BCUT2D eigenvalue weighted by Gasteiger charge is 2.39. The van der Waals surface area contributed by atoms with Crippen molar-refractivity contribution in [3.8, 4) is 0 Å². The zero-order valence-electron chi connectivity index (χ0n) is 9.88. The summed E-state index contributed by atoms with van der Waals surface area (Å²) in [5.74, 6) is 0.710. The van der Waals surface area contributed by atoms with E-state index in [1.54, 1.807) is 12.1 Å². The van der Waals surface area contributed by atoms with Gasteiger partial charge in [-0.15, -0.1) is 0 Å². The van der Waals surface area contributed by atoms with Crippen molar-refractivity contribution < 1.29 is 4.42 Å². The molecular formula is C13H14Cl2N2O. The van der Waals surface area contributed by atoms with Crippen molar-refractivity contribution in [3.63, 3.8) is 0 Å². The van der Waals surface area contributed by atoms with Crippen LogP contribution in [-0.4, -0.2) is 11.5 Å². The summed E-state index contributed by atoms with van der Waals surface area (Å²) < 4.78 is 5.85. The first kappa shape index (κ1) is 12.3. The summed E-state index contributed by atoms with van der Waals surface area (Å²) >= 11 is 12.1. The molecule has 1 saturated carbocycles. The number of fused-ring (bicyclic) bond motifs is 1. The normalized spacial score (nSPS) is 18.6. The van der Waals surface area contributed by atoms with Crippen LogP contribution in [-0.2, 0) is 5.41 Å². The Labute approximate surface area is 115 Å². The van der Waals surface area contributed by atoms with E-state index >= 15 is 0 Å². The van der Waals surface area contributed by atoms with Crippen molar-refractivity contribution in [3.05, 3.63) is 28.1 Å². The molecule has 1 aliphatic carbocycles. The molecule has 1 heterocycles. The van der Waals surface area contributed by atoms with Gasteiger partial charge in [-0.25, -0.2) is 4.98 Å². The predicted octanol–water partition coefficient (Wildman–Crippen LogP) is 3.91. The van der Waals surface area contributed by atoms with Gasteiger partial charge in [0, 0.05) is 11.6 Å². The van der Waals surface area contributed by atoms with Gasteiger partial charge < -0.3 is 10.2 Å². The van der Waals surface area contributed by atoms with Crippen LogP contribution in [0.5, 0.6) is 0 Å². The van der Waals surface area contributed by atoms with E-state index in [2.05, 4.69) is 4.98 Å². The van der Waals surface area contributed by atoms with Crippen molar-refractivity contribution in [2.45, 2.75) is 31.1 Å². The smallest absolute Gasteiger partial charge is 0.203 e. The largest absolute Gasteiger partial charge is 0.438 e. The number of aromatic nitrogens is 1. The van der Waals surface area contributed by atoms with E-state index in [1.807, 2.05) is 0 Å². The summed E-state index contributed by atoms with van der Waals surface area (Å²) in [5, 5.41) is 1.07. The van der Waals surface area contributed by atoms with E-state index in [-0.39, 0.29) is 5.41 Å². The minimum atomic E-state index is -0.116. The molecule has 0 aliphatic heterocycles. The molecule has 1 aromatic heterocycles. The number of oxazole rings is 1. The number of rotatable bonds is 2. The lowest BCUT2D eigenvalue weighted by Crippen LogP contribution is -2.32. The van der Waals surface area contributed by atoms with Crippen LogP contribution in [0, 0.1) is 0 Å². The van der Waals surface area contributed by atoms with E-state index in [0.717, 1.165) is 12.8 Å². The highest BCUT2D eigenvalue weighted by molar-refractivity contribution is 6.37. The van der Waals surface area contributed by atoms with Gasteiger partial charge in [0.1, 0.15) is 5.52 Å². The van der Waals surface area contributed by atoms with E-state index in [0.29, 0.717) is 33.6 Å². The second kappa shape index (κ2) is 4.41. The first-order chi connectivity index (χ1) is 8.64. The molecule has 0 bridgehead atoms. The average molecular weight is 285 g/mol. The van der Waals surface area contributed by atoms with Gasteiger partial charge in [-0.05, 0) is 25.0 Å². The summed E-state index contributed by atoms with van der Waals surface area (Å²) in [6.45, 7) is 0.561. The lowest BCUT2D eigenvalue weighted by molar-refractivity contribution is 0.344. The van der Waals surface area contributed by atoms with Gasteiger partial charge in [0.2, 0.25) is 5.89 Å². The van der Waals surface area contributed by atoms with Crippen molar-refractivity contribution >= 4 is 34.3 Å². The van der Waals surface area contributed by atoms with Crippen molar-refractivity contribution in [2.75, 3.05) is 6.54 Å². The van der Waals surface area contributed by atoms with Gasteiger partial charge in [0.15, 0.2) is 5.58 Å². The molecule has 0 atom stereocenters. The summed E-state index contributed by atoms with van der Waals surface area (Å²) in [6, 6.07) is 3.44. The minimum Gasteiger partial charge on any atom is -0.438 e. The van der Waals surface area contributed by atoms with Gasteiger partial charge >= 0.3 is 0 Å². The molecule has 1 fully saturated rings. The van der Waals surface area contributed by atoms with Crippen LogP contribution in [0.2, 0.25) is 10.0 Å². The molecule has 5 heteroatoms. The van der Waals surface area contributed by atoms with Crippen LogP contribution >= 0.6 is 23.2 Å². The van der Waals surface area contributed by atoms with E-state index in [4.69, 9.17) is 33.4 Å². The van der Waals surface area contributed by atoms with Gasteiger partial charge in [0.05, 0.1) is 10.4 Å². The Morgan fingerprint density at radius 3 is 2.67 bits per heavy atom. The Morgan fingerprint density at radius 1 is 1.28 bits per heavy atom. The Kier molecular flexibility index (Phi) is 3.00. The van der Waals surface area contributed by atoms with Crippen LogP contribution in [0.4, 0.5) is 0 Å². The molecule has 0 unspecified atom stereocenters. The summed E-state index contributed by atoms with van der Waals surface area (Å²) in [7, 11) is 0. The highest BCUT2D eigenvalue weighted by Crippen LogP contribution is 2.41. The molecule has 1 aliphatic rings. The average Bonchev–Trinajstić information content (AvgIpc) is 2.94. The first-order valence-electron chi connectivity index (χ1n) is 6.11. The predicted molar refractivity (Wildman–Crippen MR) is 73.2 cm³/mol. The molecule has 0 spiro atoms. The van der Waals surface area contributed by atoms with Crippen molar-refractivity contribution in [1.29, 1.82) is 0 Å². The zero-order valence-corrected chi connectivity index (χ0v) is 11.4.